The number of hydrogen-bond acceptors (Lipinski definition) is 3. The SMILES string of the molecule is Cc1nn(C(C)C(=O)Nc2ccn(Cc3ccc(Cl)cc3Cl)n2)c(C)c1Br. The topological polar surface area (TPSA) is 64.7 Å². The Morgan fingerprint density at radius 3 is 2.63 bits per heavy atom. The highest BCUT2D eigenvalue weighted by Gasteiger charge is 2.21. The van der Waals surface area contributed by atoms with Gasteiger partial charge in [-0.2, -0.15) is 10.2 Å². The summed E-state index contributed by atoms with van der Waals surface area (Å²) in [6.45, 7) is 6.08. The van der Waals surface area contributed by atoms with E-state index in [1.807, 2.05) is 19.9 Å². The molecule has 1 unspecified atom stereocenters. The molecule has 3 aromatic rings. The van der Waals surface area contributed by atoms with Gasteiger partial charge in [-0.3, -0.25) is 14.2 Å². The summed E-state index contributed by atoms with van der Waals surface area (Å²) in [7, 11) is 0. The Balaban J connectivity index is 1.69. The van der Waals surface area contributed by atoms with Gasteiger partial charge < -0.3 is 5.32 Å². The molecule has 9 heteroatoms. The van der Waals surface area contributed by atoms with Crippen molar-refractivity contribution in [3.8, 4) is 0 Å². The average Bonchev–Trinajstić information content (AvgIpc) is 3.16. The number of benzene rings is 1. The quantitative estimate of drug-likeness (QED) is 0.569. The molecule has 27 heavy (non-hydrogen) atoms. The molecule has 0 aliphatic rings. The van der Waals surface area contributed by atoms with E-state index >= 15 is 0 Å². The molecule has 2 aromatic heterocycles. The lowest BCUT2D eigenvalue weighted by Crippen LogP contribution is -2.25. The van der Waals surface area contributed by atoms with E-state index in [1.165, 1.54) is 0 Å². The Morgan fingerprint density at radius 1 is 1.26 bits per heavy atom. The number of hydrogen-bond donors (Lipinski definition) is 1. The molecule has 3 rings (SSSR count). The molecule has 0 fully saturated rings. The molecule has 0 spiro atoms. The standard InChI is InChI=1S/C18H18BrCl2N5O/c1-10-17(19)11(2)26(23-10)12(3)18(27)22-16-6-7-25(24-16)9-13-4-5-14(20)8-15(13)21/h4-8,12H,9H2,1-3H3,(H,22,24,27). The maximum atomic E-state index is 12.6. The van der Waals surface area contributed by atoms with Gasteiger partial charge in [-0.1, -0.05) is 29.3 Å². The summed E-state index contributed by atoms with van der Waals surface area (Å²) < 4.78 is 4.31. The number of carbonyl (C=O) groups is 1. The molecular formula is C18H18BrCl2N5O. The summed E-state index contributed by atoms with van der Waals surface area (Å²) in [6, 6.07) is 6.60. The zero-order valence-electron chi connectivity index (χ0n) is 15.0. The molecule has 1 amide bonds. The largest absolute Gasteiger partial charge is 0.307 e. The highest BCUT2D eigenvalue weighted by molar-refractivity contribution is 9.10. The van der Waals surface area contributed by atoms with Crippen LogP contribution in [0.5, 0.6) is 0 Å². The van der Waals surface area contributed by atoms with E-state index in [2.05, 4.69) is 31.4 Å². The Morgan fingerprint density at radius 2 is 2.00 bits per heavy atom. The van der Waals surface area contributed by atoms with Crippen LogP contribution in [0.3, 0.4) is 0 Å². The lowest BCUT2D eigenvalue weighted by Gasteiger charge is -2.13. The second kappa shape index (κ2) is 8.04. The van der Waals surface area contributed by atoms with Crippen molar-refractivity contribution in [2.75, 3.05) is 5.32 Å². The number of halogens is 3. The van der Waals surface area contributed by atoms with E-state index in [0.717, 1.165) is 21.4 Å². The van der Waals surface area contributed by atoms with Crippen molar-refractivity contribution in [3.05, 3.63) is 61.9 Å². The van der Waals surface area contributed by atoms with Crippen LogP contribution >= 0.6 is 39.1 Å². The number of nitrogens with one attached hydrogen (secondary N) is 1. The lowest BCUT2D eigenvalue weighted by atomic mass is 10.2. The van der Waals surface area contributed by atoms with Gasteiger partial charge in [0.05, 0.1) is 22.4 Å². The van der Waals surface area contributed by atoms with Gasteiger partial charge in [0, 0.05) is 22.3 Å². The van der Waals surface area contributed by atoms with Crippen molar-refractivity contribution in [3.63, 3.8) is 0 Å². The first-order chi connectivity index (χ1) is 12.8. The van der Waals surface area contributed by atoms with Gasteiger partial charge in [0.15, 0.2) is 5.82 Å². The predicted octanol–water partition coefficient (Wildman–Crippen LogP) is 5.01. The van der Waals surface area contributed by atoms with E-state index in [0.29, 0.717) is 22.4 Å². The number of nitrogens with zero attached hydrogens (tertiary/aromatic N) is 4. The Hall–Kier alpha value is -1.83. The first kappa shape index (κ1) is 19.9. The summed E-state index contributed by atoms with van der Waals surface area (Å²) in [6.07, 6.45) is 1.78. The molecule has 142 valence electrons. The van der Waals surface area contributed by atoms with Crippen LogP contribution in [-0.4, -0.2) is 25.5 Å². The number of amides is 1. The Kier molecular flexibility index (Phi) is 5.93. The molecule has 0 saturated carbocycles. The van der Waals surface area contributed by atoms with Crippen LogP contribution in [0.4, 0.5) is 5.82 Å². The number of carbonyl (C=O) groups excluding carboxylic acids is 1. The zero-order valence-corrected chi connectivity index (χ0v) is 18.1. The van der Waals surface area contributed by atoms with Crippen LogP contribution in [0.2, 0.25) is 10.0 Å². The highest BCUT2D eigenvalue weighted by atomic mass is 79.9. The number of rotatable bonds is 5. The van der Waals surface area contributed by atoms with Crippen LogP contribution < -0.4 is 5.32 Å². The van der Waals surface area contributed by atoms with Crippen LogP contribution in [0.1, 0.15) is 29.9 Å². The molecule has 0 radical (unpaired) electrons. The first-order valence-electron chi connectivity index (χ1n) is 8.25. The van der Waals surface area contributed by atoms with Crippen LogP contribution in [0.15, 0.2) is 34.9 Å². The molecular weight excluding hydrogens is 453 g/mol. The second-order valence-electron chi connectivity index (χ2n) is 6.23. The first-order valence-corrected chi connectivity index (χ1v) is 9.80. The third-order valence-electron chi connectivity index (χ3n) is 4.22. The fourth-order valence-electron chi connectivity index (χ4n) is 2.70. The molecule has 2 heterocycles. The van der Waals surface area contributed by atoms with Gasteiger partial charge in [-0.05, 0) is 54.4 Å². The third-order valence-corrected chi connectivity index (χ3v) is 5.96. The molecule has 1 N–H and O–H groups in total. The summed E-state index contributed by atoms with van der Waals surface area (Å²) in [5.41, 5.74) is 2.64. The minimum Gasteiger partial charge on any atom is -0.307 e. The normalized spacial score (nSPS) is 12.2. The minimum absolute atomic E-state index is 0.192. The Bertz CT molecular complexity index is 998. The van der Waals surface area contributed by atoms with Crippen molar-refractivity contribution in [1.29, 1.82) is 0 Å². The lowest BCUT2D eigenvalue weighted by molar-refractivity contribution is -0.119. The van der Waals surface area contributed by atoms with Gasteiger partial charge in [0.2, 0.25) is 5.91 Å². The average molecular weight is 471 g/mol. The van der Waals surface area contributed by atoms with E-state index in [9.17, 15) is 4.79 Å². The number of aromatic nitrogens is 4. The molecule has 0 aliphatic carbocycles. The minimum atomic E-state index is -0.467. The molecule has 0 aliphatic heterocycles. The number of anilines is 1. The van der Waals surface area contributed by atoms with Crippen molar-refractivity contribution >= 4 is 50.9 Å². The van der Waals surface area contributed by atoms with Gasteiger partial charge in [-0.15, -0.1) is 0 Å². The summed E-state index contributed by atoms with van der Waals surface area (Å²) in [5, 5.41) is 12.8. The van der Waals surface area contributed by atoms with Gasteiger partial charge >= 0.3 is 0 Å². The molecule has 1 aromatic carbocycles. The van der Waals surface area contributed by atoms with Gasteiger partial charge in [0.25, 0.3) is 0 Å². The Labute approximate surface area is 175 Å². The molecule has 6 nitrogen and oxygen atoms in total. The summed E-state index contributed by atoms with van der Waals surface area (Å²) >= 11 is 15.6. The predicted molar refractivity (Wildman–Crippen MR) is 111 cm³/mol. The second-order valence-corrected chi connectivity index (χ2v) is 7.87. The van der Waals surface area contributed by atoms with E-state index < -0.39 is 6.04 Å². The monoisotopic (exact) mass is 469 g/mol. The van der Waals surface area contributed by atoms with Crippen molar-refractivity contribution in [2.45, 2.75) is 33.4 Å². The van der Waals surface area contributed by atoms with Crippen LogP contribution in [0.25, 0.3) is 0 Å². The van der Waals surface area contributed by atoms with E-state index in [4.69, 9.17) is 23.2 Å². The van der Waals surface area contributed by atoms with Crippen LogP contribution in [-0.2, 0) is 11.3 Å². The van der Waals surface area contributed by atoms with Crippen molar-refractivity contribution < 1.29 is 4.79 Å². The zero-order chi connectivity index (χ0) is 19.7. The molecule has 1 atom stereocenters. The van der Waals surface area contributed by atoms with Crippen LogP contribution in [0, 0.1) is 13.8 Å². The number of aryl methyl sites for hydroxylation is 1. The fourth-order valence-corrected chi connectivity index (χ4v) is 3.43. The van der Waals surface area contributed by atoms with E-state index in [1.54, 1.807) is 40.7 Å². The highest BCUT2D eigenvalue weighted by Crippen LogP contribution is 2.24. The maximum absolute atomic E-state index is 12.6. The maximum Gasteiger partial charge on any atom is 0.250 e. The molecule has 0 bridgehead atoms. The summed E-state index contributed by atoms with van der Waals surface area (Å²) in [5.74, 6) is 0.278. The van der Waals surface area contributed by atoms with Crippen molar-refractivity contribution in [2.24, 2.45) is 0 Å². The smallest absolute Gasteiger partial charge is 0.250 e. The fraction of sp³-hybridized carbons (Fsp3) is 0.278. The molecule has 0 saturated heterocycles. The van der Waals surface area contributed by atoms with Crippen molar-refractivity contribution in [1.82, 2.24) is 19.6 Å². The third kappa shape index (κ3) is 4.36. The van der Waals surface area contributed by atoms with Gasteiger partial charge in [0.1, 0.15) is 6.04 Å². The van der Waals surface area contributed by atoms with Gasteiger partial charge in [-0.25, -0.2) is 0 Å². The van der Waals surface area contributed by atoms with E-state index in [-0.39, 0.29) is 5.91 Å². The summed E-state index contributed by atoms with van der Waals surface area (Å²) in [4.78, 5) is 12.6.